The molecule has 0 fully saturated rings. The number of aryl methyl sites for hydroxylation is 2. The van der Waals surface area contributed by atoms with Gasteiger partial charge in [0, 0.05) is 24.2 Å². The van der Waals surface area contributed by atoms with E-state index < -0.39 is 0 Å². The first-order valence-electron chi connectivity index (χ1n) is 8.34. The predicted molar refractivity (Wildman–Crippen MR) is 94.6 cm³/mol. The smallest absolute Gasteiger partial charge is 0.163 e. The standard InChI is InChI=1S/C19H21N3O2/c1-13-5-2-3-6-14(13)19-21-15-11-17-18(24-10-9-23-17)12-16(15)22(19)8-4-7-20/h2-3,5-6,11-12H,4,7-10,20H2,1H3. The predicted octanol–water partition coefficient (Wildman–Crippen LogP) is 3.13. The van der Waals surface area contributed by atoms with E-state index in [1.54, 1.807) is 0 Å². The maximum atomic E-state index is 5.74. The highest BCUT2D eigenvalue weighted by Crippen LogP contribution is 2.36. The SMILES string of the molecule is Cc1ccccc1-c1nc2cc3c(cc2n1CCCN)OCCO3. The second-order valence-corrected chi connectivity index (χ2v) is 6.03. The van der Waals surface area contributed by atoms with Gasteiger partial charge in [0.25, 0.3) is 0 Å². The molecule has 0 spiro atoms. The molecule has 2 N–H and O–H groups in total. The lowest BCUT2D eigenvalue weighted by molar-refractivity contribution is 0.172. The van der Waals surface area contributed by atoms with Crippen molar-refractivity contribution in [2.75, 3.05) is 19.8 Å². The van der Waals surface area contributed by atoms with Crippen LogP contribution in [0.25, 0.3) is 22.4 Å². The lowest BCUT2D eigenvalue weighted by Gasteiger charge is -2.18. The molecule has 0 atom stereocenters. The van der Waals surface area contributed by atoms with Crippen molar-refractivity contribution in [1.82, 2.24) is 9.55 Å². The Morgan fingerprint density at radius 2 is 1.88 bits per heavy atom. The first kappa shape index (κ1) is 15.0. The summed E-state index contributed by atoms with van der Waals surface area (Å²) >= 11 is 0. The number of nitrogens with two attached hydrogens (primary N) is 1. The number of imidazole rings is 1. The van der Waals surface area contributed by atoms with Crippen molar-refractivity contribution >= 4 is 11.0 Å². The molecule has 4 rings (SSSR count). The fourth-order valence-electron chi connectivity index (χ4n) is 3.17. The molecule has 1 aromatic heterocycles. The Morgan fingerprint density at radius 1 is 1.12 bits per heavy atom. The molecule has 0 saturated heterocycles. The monoisotopic (exact) mass is 323 g/mol. The lowest BCUT2D eigenvalue weighted by atomic mass is 10.1. The Balaban J connectivity index is 1.93. The van der Waals surface area contributed by atoms with Gasteiger partial charge < -0.3 is 19.8 Å². The number of fused-ring (bicyclic) bond motifs is 2. The summed E-state index contributed by atoms with van der Waals surface area (Å²) < 4.78 is 13.7. The molecule has 1 aliphatic rings. The van der Waals surface area contributed by atoms with Crippen molar-refractivity contribution in [2.45, 2.75) is 19.9 Å². The summed E-state index contributed by atoms with van der Waals surface area (Å²) in [4.78, 5) is 4.89. The molecule has 0 unspecified atom stereocenters. The number of rotatable bonds is 4. The topological polar surface area (TPSA) is 62.3 Å². The van der Waals surface area contributed by atoms with Crippen molar-refractivity contribution < 1.29 is 9.47 Å². The third-order valence-electron chi connectivity index (χ3n) is 4.38. The van der Waals surface area contributed by atoms with Crippen LogP contribution in [0.4, 0.5) is 0 Å². The van der Waals surface area contributed by atoms with Gasteiger partial charge in [-0.1, -0.05) is 24.3 Å². The van der Waals surface area contributed by atoms with Crippen LogP contribution in [-0.4, -0.2) is 29.3 Å². The van der Waals surface area contributed by atoms with E-state index in [0.717, 1.165) is 46.9 Å². The van der Waals surface area contributed by atoms with E-state index in [9.17, 15) is 0 Å². The van der Waals surface area contributed by atoms with Crippen LogP contribution in [-0.2, 0) is 6.54 Å². The Morgan fingerprint density at radius 3 is 2.62 bits per heavy atom. The molecule has 3 aromatic rings. The van der Waals surface area contributed by atoms with Crippen LogP contribution in [0.15, 0.2) is 36.4 Å². The van der Waals surface area contributed by atoms with Gasteiger partial charge in [0.2, 0.25) is 0 Å². The highest BCUT2D eigenvalue weighted by molar-refractivity contribution is 5.84. The van der Waals surface area contributed by atoms with E-state index in [2.05, 4.69) is 23.6 Å². The van der Waals surface area contributed by atoms with Crippen molar-refractivity contribution in [3.05, 3.63) is 42.0 Å². The molecule has 0 saturated carbocycles. The van der Waals surface area contributed by atoms with Crippen molar-refractivity contribution in [1.29, 1.82) is 0 Å². The number of aromatic nitrogens is 2. The summed E-state index contributed by atoms with van der Waals surface area (Å²) in [5, 5.41) is 0. The molecule has 0 bridgehead atoms. The van der Waals surface area contributed by atoms with Crippen LogP contribution in [0.5, 0.6) is 11.5 Å². The van der Waals surface area contributed by atoms with Crippen molar-refractivity contribution in [3.63, 3.8) is 0 Å². The summed E-state index contributed by atoms with van der Waals surface area (Å²) in [5.41, 5.74) is 10.1. The maximum absolute atomic E-state index is 5.74. The number of nitrogens with zero attached hydrogens (tertiary/aromatic N) is 2. The van der Waals surface area contributed by atoms with E-state index in [1.165, 1.54) is 5.56 Å². The van der Waals surface area contributed by atoms with E-state index >= 15 is 0 Å². The average molecular weight is 323 g/mol. The van der Waals surface area contributed by atoms with Gasteiger partial charge in [-0.05, 0) is 25.5 Å². The minimum Gasteiger partial charge on any atom is -0.486 e. The van der Waals surface area contributed by atoms with Crippen LogP contribution in [0.2, 0.25) is 0 Å². The zero-order valence-corrected chi connectivity index (χ0v) is 13.8. The van der Waals surface area contributed by atoms with E-state index in [1.807, 2.05) is 24.3 Å². The number of ether oxygens (including phenoxy) is 2. The maximum Gasteiger partial charge on any atom is 0.163 e. The van der Waals surface area contributed by atoms with Gasteiger partial charge in [-0.2, -0.15) is 0 Å². The first-order chi connectivity index (χ1) is 11.8. The van der Waals surface area contributed by atoms with Gasteiger partial charge in [-0.3, -0.25) is 0 Å². The summed E-state index contributed by atoms with van der Waals surface area (Å²) in [5.74, 6) is 2.53. The second kappa shape index (κ2) is 6.17. The van der Waals surface area contributed by atoms with Crippen LogP contribution in [0.1, 0.15) is 12.0 Å². The van der Waals surface area contributed by atoms with Crippen LogP contribution < -0.4 is 15.2 Å². The molecule has 2 heterocycles. The fraction of sp³-hybridized carbons (Fsp3) is 0.316. The summed E-state index contributed by atoms with van der Waals surface area (Å²) in [6.07, 6.45) is 0.902. The third-order valence-corrected chi connectivity index (χ3v) is 4.38. The second-order valence-electron chi connectivity index (χ2n) is 6.03. The van der Waals surface area contributed by atoms with Crippen molar-refractivity contribution in [3.8, 4) is 22.9 Å². The summed E-state index contributed by atoms with van der Waals surface area (Å²) in [6.45, 7) is 4.75. The molecule has 1 aliphatic heterocycles. The van der Waals surface area contributed by atoms with Crippen LogP contribution in [0, 0.1) is 6.92 Å². The third kappa shape index (κ3) is 2.51. The Labute approximate surface area is 141 Å². The Kier molecular flexibility index (Phi) is 3.86. The van der Waals surface area contributed by atoms with E-state index in [-0.39, 0.29) is 0 Å². The lowest BCUT2D eigenvalue weighted by Crippen LogP contribution is -2.15. The molecule has 124 valence electrons. The largest absolute Gasteiger partial charge is 0.486 e. The Bertz CT molecular complexity index is 886. The first-order valence-corrected chi connectivity index (χ1v) is 8.34. The molecule has 2 aromatic carbocycles. The molecule has 5 heteroatoms. The molecular formula is C19H21N3O2. The molecule has 24 heavy (non-hydrogen) atoms. The fourth-order valence-corrected chi connectivity index (χ4v) is 3.17. The van der Waals surface area contributed by atoms with Gasteiger partial charge in [-0.25, -0.2) is 4.98 Å². The Hall–Kier alpha value is -2.53. The summed E-state index contributed by atoms with van der Waals surface area (Å²) in [7, 11) is 0. The average Bonchev–Trinajstić information content (AvgIpc) is 2.95. The van der Waals surface area contributed by atoms with Crippen LogP contribution in [0.3, 0.4) is 0 Å². The number of hydrogen-bond acceptors (Lipinski definition) is 4. The molecule has 0 amide bonds. The van der Waals surface area contributed by atoms with Gasteiger partial charge >= 0.3 is 0 Å². The van der Waals surface area contributed by atoms with E-state index in [0.29, 0.717) is 19.8 Å². The minimum absolute atomic E-state index is 0.580. The van der Waals surface area contributed by atoms with E-state index in [4.69, 9.17) is 20.2 Å². The zero-order valence-electron chi connectivity index (χ0n) is 13.8. The summed E-state index contributed by atoms with van der Waals surface area (Å²) in [6, 6.07) is 12.3. The van der Waals surface area contributed by atoms with Gasteiger partial charge in [0.05, 0.1) is 11.0 Å². The highest BCUT2D eigenvalue weighted by Gasteiger charge is 2.19. The molecule has 0 aliphatic carbocycles. The molecule has 5 nitrogen and oxygen atoms in total. The zero-order chi connectivity index (χ0) is 16.5. The normalized spacial score (nSPS) is 13.4. The number of benzene rings is 2. The van der Waals surface area contributed by atoms with Crippen LogP contribution >= 0.6 is 0 Å². The van der Waals surface area contributed by atoms with Gasteiger partial charge in [0.1, 0.15) is 19.0 Å². The quantitative estimate of drug-likeness (QED) is 0.801. The number of hydrogen-bond donors (Lipinski definition) is 1. The molecular weight excluding hydrogens is 302 g/mol. The van der Waals surface area contributed by atoms with Gasteiger partial charge in [0.15, 0.2) is 11.5 Å². The molecule has 0 radical (unpaired) electrons. The minimum atomic E-state index is 0.580. The van der Waals surface area contributed by atoms with Gasteiger partial charge in [-0.15, -0.1) is 0 Å². The van der Waals surface area contributed by atoms with Crippen molar-refractivity contribution in [2.24, 2.45) is 5.73 Å². The highest BCUT2D eigenvalue weighted by atomic mass is 16.6.